The number of aromatic hydroxyl groups is 2. The maximum Gasteiger partial charge on any atom is 0.146 e. The molecular formula is C41H58N6O2. The number of benzene rings is 4. The van der Waals surface area contributed by atoms with Crippen molar-refractivity contribution >= 4 is 22.1 Å². The molecule has 0 aliphatic carbocycles. The Hall–Kier alpha value is -4.72. The van der Waals surface area contributed by atoms with Gasteiger partial charge in [-0.05, 0) is 61.4 Å². The molecule has 8 heteroatoms. The van der Waals surface area contributed by atoms with Crippen molar-refractivity contribution in [1.29, 1.82) is 0 Å². The van der Waals surface area contributed by atoms with Crippen molar-refractivity contribution in [3.63, 3.8) is 0 Å². The molecule has 8 nitrogen and oxygen atoms in total. The molecule has 0 unspecified atom stereocenters. The van der Waals surface area contributed by atoms with Crippen LogP contribution in [0.2, 0.25) is 0 Å². The highest BCUT2D eigenvalue weighted by molar-refractivity contribution is 5.74. The second kappa shape index (κ2) is 21.3. The topological polar surface area (TPSA) is 102 Å². The number of hydrogen-bond acceptors (Lipinski definition) is 6. The molecule has 49 heavy (non-hydrogen) atoms. The van der Waals surface area contributed by atoms with E-state index >= 15 is 0 Å². The van der Waals surface area contributed by atoms with Crippen molar-refractivity contribution in [2.75, 3.05) is 0 Å². The van der Waals surface area contributed by atoms with E-state index in [4.69, 9.17) is 0 Å². The molecule has 2 aromatic heterocycles. The molecule has 0 aliphatic heterocycles. The van der Waals surface area contributed by atoms with Crippen LogP contribution in [0.1, 0.15) is 116 Å². The zero-order valence-corrected chi connectivity index (χ0v) is 31.5. The van der Waals surface area contributed by atoms with Gasteiger partial charge in [-0.1, -0.05) is 130 Å². The zero-order chi connectivity index (χ0) is 36.3. The number of nitrogens with zero attached hydrogens (tertiary/aromatic N) is 6. The van der Waals surface area contributed by atoms with Crippen molar-refractivity contribution < 1.29 is 10.2 Å². The molecule has 0 spiro atoms. The van der Waals surface area contributed by atoms with Crippen LogP contribution in [0.25, 0.3) is 33.4 Å². The standard InChI is InChI=1S/C27H22N6O2.2C4H10.2C3H8/c1-16-11-18(26(34)24(13-16)32-28-20-7-3-4-8-21(20)29-32)15-19-12-17(2)14-25(27(19)35)33-30-22-9-5-6-10-23(22)31-33;2*1-3-4-2;2*1-3-2/h3-14,34-35H,15H2,1-2H3;2*3-4H2,1-2H3;2*3H2,1-2H3. The van der Waals surface area contributed by atoms with Crippen molar-refractivity contribution in [2.24, 2.45) is 0 Å². The molecule has 0 saturated carbocycles. The second-order valence-corrected chi connectivity index (χ2v) is 12.1. The third-order valence-corrected chi connectivity index (χ3v) is 7.01. The van der Waals surface area contributed by atoms with Crippen LogP contribution in [0.15, 0.2) is 72.8 Å². The van der Waals surface area contributed by atoms with Crippen molar-refractivity contribution in [1.82, 2.24) is 30.0 Å². The maximum atomic E-state index is 11.2. The third kappa shape index (κ3) is 11.7. The molecule has 0 radical (unpaired) electrons. The van der Waals surface area contributed by atoms with E-state index in [1.807, 2.05) is 86.6 Å². The summed E-state index contributed by atoms with van der Waals surface area (Å²) in [6.07, 6.45) is 8.09. The molecule has 2 heterocycles. The minimum atomic E-state index is 0.0707. The Balaban J connectivity index is 0.000000513. The zero-order valence-electron chi connectivity index (χ0n) is 31.5. The van der Waals surface area contributed by atoms with Crippen LogP contribution in [0, 0.1) is 13.8 Å². The van der Waals surface area contributed by atoms with Gasteiger partial charge in [-0.15, -0.1) is 30.0 Å². The van der Waals surface area contributed by atoms with Crippen molar-refractivity contribution in [3.05, 3.63) is 95.1 Å². The number of fused-ring (bicyclic) bond motifs is 2. The average molecular weight is 667 g/mol. The van der Waals surface area contributed by atoms with Crippen molar-refractivity contribution in [3.8, 4) is 22.9 Å². The summed E-state index contributed by atoms with van der Waals surface area (Å²) in [6, 6.07) is 22.6. The van der Waals surface area contributed by atoms with Crippen molar-refractivity contribution in [2.45, 2.75) is 114 Å². The predicted molar refractivity (Wildman–Crippen MR) is 206 cm³/mol. The predicted octanol–water partition coefficient (Wildman–Crippen LogP) is 11.2. The van der Waals surface area contributed by atoms with E-state index in [0.717, 1.165) is 33.2 Å². The van der Waals surface area contributed by atoms with Gasteiger partial charge in [0.15, 0.2) is 0 Å². The summed E-state index contributed by atoms with van der Waals surface area (Å²) in [4.78, 5) is 2.91. The first-order valence-corrected chi connectivity index (χ1v) is 17.9. The van der Waals surface area contributed by atoms with Crippen LogP contribution in [0.4, 0.5) is 0 Å². The summed E-state index contributed by atoms with van der Waals surface area (Å²) in [5.41, 5.74) is 7.17. The molecule has 0 atom stereocenters. The Kier molecular flexibility index (Phi) is 17.6. The maximum absolute atomic E-state index is 11.2. The molecule has 2 N–H and O–H groups in total. The lowest BCUT2D eigenvalue weighted by Crippen LogP contribution is -2.04. The number of rotatable bonds is 6. The van der Waals surface area contributed by atoms with Crippen LogP contribution in [0.5, 0.6) is 11.5 Å². The highest BCUT2D eigenvalue weighted by Gasteiger charge is 2.18. The number of hydrogen-bond donors (Lipinski definition) is 2. The van der Waals surface area contributed by atoms with E-state index in [9.17, 15) is 10.2 Å². The molecule has 4 aromatic carbocycles. The molecule has 0 aliphatic rings. The average Bonchev–Trinajstić information content (AvgIpc) is 3.73. The number of unbranched alkanes of at least 4 members (excludes halogenated alkanes) is 2. The third-order valence-electron chi connectivity index (χ3n) is 7.01. The molecule has 0 bridgehead atoms. The van der Waals surface area contributed by atoms with Crippen LogP contribution in [-0.2, 0) is 6.42 Å². The Labute approximate surface area is 293 Å². The SMILES string of the molecule is CCC.CCC.CCCC.CCCC.Cc1cc(Cc2cc(C)cc(-n3nc4ccccc4n3)c2O)c(O)c(-n2nc3ccccc3n2)c1. The molecule has 0 saturated heterocycles. The van der Waals surface area contributed by atoms with Gasteiger partial charge >= 0.3 is 0 Å². The van der Waals surface area contributed by atoms with Gasteiger partial charge in [0, 0.05) is 17.5 Å². The first-order valence-electron chi connectivity index (χ1n) is 17.9. The summed E-state index contributed by atoms with van der Waals surface area (Å²) in [5.74, 6) is 0.141. The van der Waals surface area contributed by atoms with E-state index in [1.54, 1.807) is 0 Å². The molecule has 6 aromatic rings. The van der Waals surface area contributed by atoms with Crippen LogP contribution < -0.4 is 0 Å². The van der Waals surface area contributed by atoms with Gasteiger partial charge in [-0.2, -0.15) is 0 Å². The smallest absolute Gasteiger partial charge is 0.146 e. The van der Waals surface area contributed by atoms with Crippen LogP contribution in [0.3, 0.4) is 0 Å². The Morgan fingerprint density at radius 1 is 0.469 bits per heavy atom. The normalized spacial score (nSPS) is 10.2. The van der Waals surface area contributed by atoms with E-state index in [0.29, 0.717) is 28.9 Å². The minimum Gasteiger partial charge on any atom is -0.505 e. The number of aryl methyl sites for hydroxylation is 2. The number of phenolic OH excluding ortho intramolecular Hbond substituents is 2. The van der Waals surface area contributed by atoms with Crippen LogP contribution >= 0.6 is 0 Å². The summed E-state index contributed by atoms with van der Waals surface area (Å²) in [7, 11) is 0. The van der Waals surface area contributed by atoms with Gasteiger partial charge in [0.25, 0.3) is 0 Å². The van der Waals surface area contributed by atoms with E-state index in [1.165, 1.54) is 48.1 Å². The molecular weight excluding hydrogens is 608 g/mol. The summed E-state index contributed by atoms with van der Waals surface area (Å²) in [6.45, 7) is 21.1. The lowest BCUT2D eigenvalue weighted by atomic mass is 9.98. The Bertz CT molecular complexity index is 1640. The largest absolute Gasteiger partial charge is 0.505 e. The summed E-state index contributed by atoms with van der Waals surface area (Å²) >= 11 is 0. The number of phenols is 2. The lowest BCUT2D eigenvalue weighted by molar-refractivity contribution is 0.455. The van der Waals surface area contributed by atoms with Gasteiger partial charge in [0.05, 0.1) is 0 Å². The minimum absolute atomic E-state index is 0.0707. The quantitative estimate of drug-likeness (QED) is 0.183. The molecule has 0 amide bonds. The van der Waals surface area contributed by atoms with Gasteiger partial charge < -0.3 is 10.2 Å². The fraction of sp³-hybridized carbons (Fsp3) is 0.415. The Morgan fingerprint density at radius 3 is 0.980 bits per heavy atom. The van der Waals surface area contributed by atoms with E-state index < -0.39 is 0 Å². The van der Waals surface area contributed by atoms with Gasteiger partial charge in [-0.3, -0.25) is 0 Å². The Morgan fingerprint density at radius 2 is 0.735 bits per heavy atom. The van der Waals surface area contributed by atoms with Gasteiger partial charge in [0.1, 0.15) is 44.9 Å². The number of aromatic nitrogens is 6. The highest BCUT2D eigenvalue weighted by Crippen LogP contribution is 2.34. The fourth-order valence-corrected chi connectivity index (χ4v) is 4.38. The summed E-state index contributed by atoms with van der Waals surface area (Å²) < 4.78 is 0. The van der Waals surface area contributed by atoms with Gasteiger partial charge in [0.2, 0.25) is 0 Å². The molecule has 264 valence electrons. The van der Waals surface area contributed by atoms with E-state index in [-0.39, 0.29) is 11.5 Å². The van der Waals surface area contributed by atoms with Crippen LogP contribution in [-0.4, -0.2) is 40.2 Å². The van der Waals surface area contributed by atoms with Gasteiger partial charge in [-0.25, -0.2) is 0 Å². The first-order chi connectivity index (χ1) is 23.6. The fourth-order valence-electron chi connectivity index (χ4n) is 4.38. The lowest BCUT2D eigenvalue weighted by Gasteiger charge is -2.14. The second-order valence-electron chi connectivity index (χ2n) is 12.1. The van der Waals surface area contributed by atoms with E-state index in [2.05, 4.69) is 75.8 Å². The summed E-state index contributed by atoms with van der Waals surface area (Å²) in [5, 5.41) is 40.4. The molecule has 6 rings (SSSR count). The first kappa shape index (κ1) is 40.5. The molecule has 0 fully saturated rings. The highest BCUT2D eigenvalue weighted by atomic mass is 16.3. The monoisotopic (exact) mass is 666 g/mol.